The van der Waals surface area contributed by atoms with Gasteiger partial charge < -0.3 is 9.80 Å². The van der Waals surface area contributed by atoms with Crippen molar-refractivity contribution in [1.29, 1.82) is 0 Å². The van der Waals surface area contributed by atoms with E-state index in [-0.39, 0.29) is 5.54 Å². The number of benzene rings is 1. The van der Waals surface area contributed by atoms with Crippen molar-refractivity contribution in [1.82, 2.24) is 9.80 Å². The molecule has 1 aromatic rings. The molecule has 2 saturated heterocycles. The molecule has 23 heavy (non-hydrogen) atoms. The van der Waals surface area contributed by atoms with Crippen LogP contribution in [0.1, 0.15) is 44.1 Å². The van der Waals surface area contributed by atoms with Crippen LogP contribution in [0.4, 0.5) is 0 Å². The lowest BCUT2D eigenvalue weighted by molar-refractivity contribution is -0.132. The summed E-state index contributed by atoms with van der Waals surface area (Å²) in [5, 5.41) is 0. The van der Waals surface area contributed by atoms with Crippen molar-refractivity contribution in [3.8, 4) is 0 Å². The summed E-state index contributed by atoms with van der Waals surface area (Å²) in [4.78, 5) is 17.2. The Kier molecular flexibility index (Phi) is 4.14. The minimum absolute atomic E-state index is 0.211. The first-order valence-electron chi connectivity index (χ1n) is 9.32. The van der Waals surface area contributed by atoms with Gasteiger partial charge in [0.25, 0.3) is 0 Å². The fraction of sp³-hybridized carbons (Fsp3) is 0.650. The molecule has 0 bridgehead atoms. The first kappa shape index (κ1) is 15.2. The summed E-state index contributed by atoms with van der Waals surface area (Å²) in [6, 6.07) is 10.8. The zero-order valence-electron chi connectivity index (χ0n) is 14.0. The second-order valence-corrected chi connectivity index (χ2v) is 7.75. The van der Waals surface area contributed by atoms with Crippen LogP contribution >= 0.6 is 0 Å². The number of rotatable bonds is 5. The molecule has 0 radical (unpaired) electrons. The van der Waals surface area contributed by atoms with Crippen LogP contribution in [-0.4, -0.2) is 47.4 Å². The van der Waals surface area contributed by atoms with Gasteiger partial charge in [-0.15, -0.1) is 0 Å². The van der Waals surface area contributed by atoms with Gasteiger partial charge in [-0.25, -0.2) is 0 Å². The van der Waals surface area contributed by atoms with Gasteiger partial charge >= 0.3 is 0 Å². The highest BCUT2D eigenvalue weighted by Crippen LogP contribution is 2.42. The highest BCUT2D eigenvalue weighted by molar-refractivity contribution is 5.79. The lowest BCUT2D eigenvalue weighted by Crippen LogP contribution is -2.53. The van der Waals surface area contributed by atoms with E-state index in [4.69, 9.17) is 0 Å². The summed E-state index contributed by atoms with van der Waals surface area (Å²) < 4.78 is 0. The lowest BCUT2D eigenvalue weighted by atomic mass is 9.84. The van der Waals surface area contributed by atoms with Gasteiger partial charge in [0.1, 0.15) is 0 Å². The molecule has 2 aliphatic heterocycles. The van der Waals surface area contributed by atoms with Crippen LogP contribution in [-0.2, 0) is 11.2 Å². The summed E-state index contributed by atoms with van der Waals surface area (Å²) in [7, 11) is 0. The number of amides is 1. The molecule has 3 heteroatoms. The number of nitrogens with zero attached hydrogens (tertiary/aromatic N) is 2. The molecule has 1 spiro atoms. The second kappa shape index (κ2) is 6.27. The maximum atomic E-state index is 12.3. The Morgan fingerprint density at radius 3 is 2.48 bits per heavy atom. The van der Waals surface area contributed by atoms with Crippen LogP contribution in [0.25, 0.3) is 0 Å². The Bertz CT molecular complexity index is 544. The van der Waals surface area contributed by atoms with E-state index < -0.39 is 0 Å². The largest absolute Gasteiger partial charge is 0.337 e. The molecule has 3 fully saturated rings. The van der Waals surface area contributed by atoms with Crippen molar-refractivity contribution in [3.63, 3.8) is 0 Å². The second-order valence-electron chi connectivity index (χ2n) is 7.75. The fourth-order valence-corrected chi connectivity index (χ4v) is 4.37. The molecule has 2 heterocycles. The van der Waals surface area contributed by atoms with E-state index in [1.807, 2.05) is 0 Å². The van der Waals surface area contributed by atoms with Gasteiger partial charge in [-0.05, 0) is 50.0 Å². The first-order valence-corrected chi connectivity index (χ1v) is 9.32. The van der Waals surface area contributed by atoms with Gasteiger partial charge in [-0.3, -0.25) is 4.79 Å². The smallest absolute Gasteiger partial charge is 0.223 e. The molecule has 1 saturated carbocycles. The van der Waals surface area contributed by atoms with Gasteiger partial charge in [0.2, 0.25) is 5.91 Å². The van der Waals surface area contributed by atoms with Gasteiger partial charge in [0, 0.05) is 38.1 Å². The third-order valence-electron chi connectivity index (χ3n) is 6.16. The predicted octanol–water partition coefficient (Wildman–Crippen LogP) is 3.10. The predicted molar refractivity (Wildman–Crippen MR) is 92.2 cm³/mol. The number of hydrogen-bond donors (Lipinski definition) is 0. The average molecular weight is 312 g/mol. The quantitative estimate of drug-likeness (QED) is 0.834. The van der Waals surface area contributed by atoms with E-state index >= 15 is 0 Å². The van der Waals surface area contributed by atoms with E-state index in [2.05, 4.69) is 40.1 Å². The standard InChI is InChI=1S/C20H28N2O/c23-19-8-10-20(22(19)16-18-6-7-18)11-14-21(15-12-20)13-9-17-4-2-1-3-5-17/h1-5,18H,6-16H2. The van der Waals surface area contributed by atoms with E-state index in [9.17, 15) is 4.79 Å². The fourth-order valence-electron chi connectivity index (χ4n) is 4.37. The van der Waals surface area contributed by atoms with Crippen molar-refractivity contribution in [2.24, 2.45) is 5.92 Å². The van der Waals surface area contributed by atoms with Crippen LogP contribution in [0.5, 0.6) is 0 Å². The van der Waals surface area contributed by atoms with Crippen molar-refractivity contribution < 1.29 is 4.79 Å². The lowest BCUT2D eigenvalue weighted by Gasteiger charge is -2.45. The molecule has 4 rings (SSSR count). The summed E-state index contributed by atoms with van der Waals surface area (Å²) >= 11 is 0. The monoisotopic (exact) mass is 312 g/mol. The van der Waals surface area contributed by atoms with Crippen LogP contribution in [0, 0.1) is 5.92 Å². The van der Waals surface area contributed by atoms with Crippen molar-refractivity contribution >= 4 is 5.91 Å². The van der Waals surface area contributed by atoms with Crippen LogP contribution in [0.15, 0.2) is 30.3 Å². The number of carbonyl (C=O) groups is 1. The molecule has 0 aromatic heterocycles. The van der Waals surface area contributed by atoms with Crippen molar-refractivity contribution in [2.45, 2.75) is 50.5 Å². The Morgan fingerprint density at radius 1 is 1.04 bits per heavy atom. The highest BCUT2D eigenvalue weighted by Gasteiger charge is 2.47. The molecule has 3 aliphatic rings. The highest BCUT2D eigenvalue weighted by atomic mass is 16.2. The van der Waals surface area contributed by atoms with Crippen LogP contribution < -0.4 is 0 Å². The summed E-state index contributed by atoms with van der Waals surface area (Å²) in [6.45, 7) is 4.50. The molecule has 1 amide bonds. The van der Waals surface area contributed by atoms with Crippen molar-refractivity contribution in [2.75, 3.05) is 26.2 Å². The number of carbonyl (C=O) groups excluding carboxylic acids is 1. The molecule has 1 aliphatic carbocycles. The van der Waals surface area contributed by atoms with E-state index in [0.717, 1.165) is 51.4 Å². The summed E-state index contributed by atoms with van der Waals surface area (Å²) in [6.07, 6.45) is 8.06. The number of hydrogen-bond acceptors (Lipinski definition) is 2. The summed E-state index contributed by atoms with van der Waals surface area (Å²) in [5.41, 5.74) is 1.64. The first-order chi connectivity index (χ1) is 11.3. The van der Waals surface area contributed by atoms with Crippen LogP contribution in [0.3, 0.4) is 0 Å². The topological polar surface area (TPSA) is 23.6 Å². The van der Waals surface area contributed by atoms with Gasteiger partial charge in [-0.2, -0.15) is 0 Å². The maximum Gasteiger partial charge on any atom is 0.223 e. The van der Waals surface area contributed by atoms with Gasteiger partial charge in [0.15, 0.2) is 0 Å². The molecule has 3 nitrogen and oxygen atoms in total. The Morgan fingerprint density at radius 2 is 1.78 bits per heavy atom. The number of likely N-dealkylation sites (tertiary alicyclic amines) is 2. The molecule has 0 atom stereocenters. The molecular formula is C20H28N2O. The Labute approximate surface area is 139 Å². The Balaban J connectivity index is 1.32. The SMILES string of the molecule is O=C1CCC2(CCN(CCc3ccccc3)CC2)N1CC1CC1. The minimum atomic E-state index is 0.211. The van der Waals surface area contributed by atoms with Gasteiger partial charge in [-0.1, -0.05) is 30.3 Å². The van der Waals surface area contributed by atoms with E-state index in [0.29, 0.717) is 5.91 Å². The van der Waals surface area contributed by atoms with E-state index in [1.165, 1.54) is 31.2 Å². The Hall–Kier alpha value is -1.35. The third-order valence-corrected chi connectivity index (χ3v) is 6.16. The minimum Gasteiger partial charge on any atom is -0.337 e. The normalized spacial score (nSPS) is 24.5. The molecule has 0 unspecified atom stereocenters. The summed E-state index contributed by atoms with van der Waals surface area (Å²) in [5.74, 6) is 1.24. The molecular weight excluding hydrogens is 284 g/mol. The van der Waals surface area contributed by atoms with E-state index in [1.54, 1.807) is 0 Å². The zero-order valence-corrected chi connectivity index (χ0v) is 14.0. The molecule has 1 aromatic carbocycles. The average Bonchev–Trinajstić information content (AvgIpc) is 3.37. The maximum absolute atomic E-state index is 12.3. The van der Waals surface area contributed by atoms with Crippen LogP contribution in [0.2, 0.25) is 0 Å². The van der Waals surface area contributed by atoms with Crippen molar-refractivity contribution in [3.05, 3.63) is 35.9 Å². The zero-order chi connectivity index (χ0) is 15.7. The molecule has 124 valence electrons. The third kappa shape index (κ3) is 3.30. The number of piperidine rings is 1. The van der Waals surface area contributed by atoms with Gasteiger partial charge in [0.05, 0.1) is 0 Å². The molecule has 0 N–H and O–H groups in total.